The van der Waals surface area contributed by atoms with Gasteiger partial charge in [-0.3, -0.25) is 0 Å². The summed E-state index contributed by atoms with van der Waals surface area (Å²) in [6.45, 7) is 13.1. The van der Waals surface area contributed by atoms with E-state index in [1.54, 1.807) is 0 Å². The van der Waals surface area contributed by atoms with Crippen LogP contribution in [0.3, 0.4) is 0 Å². The Morgan fingerprint density at radius 1 is 0.634 bits per heavy atom. The number of hydrogen-bond donors (Lipinski definition) is 0. The van der Waals surface area contributed by atoms with E-state index in [0.29, 0.717) is 0 Å². The molecule has 2 aliphatic rings. The van der Waals surface area contributed by atoms with Crippen LogP contribution in [0.4, 0.5) is 5.69 Å². The Hall–Kier alpha value is -3.25. The molecule has 0 fully saturated rings. The maximum atomic E-state index is 6.31. The number of amidine groups is 1. The Bertz CT molecular complexity index is 1180. The fourth-order valence-electron chi connectivity index (χ4n) is 6.07. The molecule has 0 amide bonds. The van der Waals surface area contributed by atoms with E-state index in [2.05, 4.69) is 37.7 Å². The highest BCUT2D eigenvalue weighted by molar-refractivity contribution is 6.90. The standard InChI is InChI=1S/C19H14BN2O2.C16H36N/c1-3-9-15(10-4-1)19-21-24-20(16-11-5-2-6-12-16)22(19)17-13-7-8-14-18(17)23-20;1-5-9-13-17(14-10-6-2,15-11-7-3)16-12-8-4/h1-14H;5-16H2,1-4H3/q-1;+1/t20-;/m0./s1. The van der Waals surface area contributed by atoms with Gasteiger partial charge in [0.25, 0.3) is 0 Å². The minimum Gasteiger partial charge on any atom is -0.659 e. The first-order valence-corrected chi connectivity index (χ1v) is 16.1. The van der Waals surface area contributed by atoms with Crippen molar-refractivity contribution in [3.8, 4) is 5.75 Å². The molecule has 0 unspecified atom stereocenters. The summed E-state index contributed by atoms with van der Waals surface area (Å²) in [7, 11) is 0. The van der Waals surface area contributed by atoms with Crippen LogP contribution in [0.15, 0.2) is 90.1 Å². The van der Waals surface area contributed by atoms with E-state index in [1.807, 2.05) is 84.9 Å². The van der Waals surface area contributed by atoms with Crippen molar-refractivity contribution in [2.24, 2.45) is 5.16 Å². The van der Waals surface area contributed by atoms with Gasteiger partial charge in [0.05, 0.1) is 31.9 Å². The van der Waals surface area contributed by atoms with E-state index >= 15 is 0 Å². The van der Waals surface area contributed by atoms with Gasteiger partial charge in [-0.1, -0.05) is 132 Å². The number of rotatable bonds is 14. The minimum atomic E-state index is -1.90. The molecular formula is C35H50BN3O2. The maximum absolute atomic E-state index is 6.31. The average Bonchev–Trinajstić information content (AvgIpc) is 3.57. The predicted octanol–water partition coefficient (Wildman–Crippen LogP) is 8.13. The van der Waals surface area contributed by atoms with E-state index < -0.39 is 6.69 Å². The number of para-hydroxylation sites is 2. The van der Waals surface area contributed by atoms with Crippen LogP contribution in [0.25, 0.3) is 0 Å². The van der Waals surface area contributed by atoms with E-state index in [9.17, 15) is 0 Å². The van der Waals surface area contributed by atoms with Crippen molar-refractivity contribution in [1.29, 1.82) is 0 Å². The molecule has 0 spiro atoms. The molecule has 1 atom stereocenters. The Kier molecular flexibility index (Phi) is 11.3. The molecule has 0 saturated carbocycles. The quantitative estimate of drug-likeness (QED) is 0.149. The van der Waals surface area contributed by atoms with Gasteiger partial charge in [0.2, 0.25) is 0 Å². The highest BCUT2D eigenvalue weighted by Gasteiger charge is 2.52. The zero-order valence-corrected chi connectivity index (χ0v) is 25.8. The number of hydrogen-bond acceptors (Lipinski definition) is 4. The monoisotopic (exact) mass is 555 g/mol. The molecule has 3 aromatic carbocycles. The highest BCUT2D eigenvalue weighted by Crippen LogP contribution is 2.43. The van der Waals surface area contributed by atoms with E-state index in [1.165, 1.54) is 82.0 Å². The number of nitrogens with zero attached hydrogens (tertiary/aromatic N) is 3. The van der Waals surface area contributed by atoms with E-state index in [0.717, 1.165) is 28.3 Å². The molecular weight excluding hydrogens is 505 g/mol. The summed E-state index contributed by atoms with van der Waals surface area (Å²) in [5, 5.41) is 4.38. The van der Waals surface area contributed by atoms with Crippen LogP contribution >= 0.6 is 0 Å². The second-order valence-corrected chi connectivity index (χ2v) is 11.6. The molecule has 0 saturated heterocycles. The summed E-state index contributed by atoms with van der Waals surface area (Å²) in [6.07, 6.45) is 11.1. The molecule has 220 valence electrons. The van der Waals surface area contributed by atoms with Crippen molar-refractivity contribution >= 4 is 23.7 Å². The SMILES string of the molecule is CCCC[N+](CCCC)(CCCC)CCCC.c1ccc(C2=NO[B@-]3(c4ccccc4)Oc4ccccc4N23)cc1. The third kappa shape index (κ3) is 7.16. The van der Waals surface area contributed by atoms with Crippen molar-refractivity contribution in [1.82, 2.24) is 0 Å². The number of fused-ring (bicyclic) bond motifs is 3. The lowest BCUT2D eigenvalue weighted by molar-refractivity contribution is -0.929. The molecule has 3 aromatic rings. The zero-order chi connectivity index (χ0) is 29.0. The normalized spacial score (nSPS) is 17.1. The largest absolute Gasteiger partial charge is 0.659 e. The van der Waals surface area contributed by atoms with Crippen LogP contribution in [0.5, 0.6) is 5.75 Å². The first-order chi connectivity index (χ1) is 20.1. The summed E-state index contributed by atoms with van der Waals surface area (Å²) in [5.74, 6) is 1.58. The van der Waals surface area contributed by atoms with Crippen molar-refractivity contribution in [2.75, 3.05) is 31.0 Å². The Morgan fingerprint density at radius 2 is 1.12 bits per heavy atom. The predicted molar refractivity (Wildman–Crippen MR) is 175 cm³/mol. The molecule has 2 heterocycles. The van der Waals surface area contributed by atoms with Crippen molar-refractivity contribution in [2.45, 2.75) is 79.1 Å². The Morgan fingerprint density at radius 3 is 1.66 bits per heavy atom. The molecule has 0 bridgehead atoms. The van der Waals surface area contributed by atoms with Crippen LogP contribution < -0.4 is 14.9 Å². The summed E-state index contributed by atoms with van der Waals surface area (Å²) >= 11 is 0. The van der Waals surface area contributed by atoms with Crippen molar-refractivity contribution in [3.05, 3.63) is 90.5 Å². The van der Waals surface area contributed by atoms with Crippen LogP contribution in [0.1, 0.15) is 84.6 Å². The number of anilines is 1. The topological polar surface area (TPSA) is 34.1 Å². The molecule has 2 aliphatic heterocycles. The van der Waals surface area contributed by atoms with Crippen molar-refractivity contribution in [3.63, 3.8) is 0 Å². The zero-order valence-electron chi connectivity index (χ0n) is 25.8. The second kappa shape index (κ2) is 15.1. The number of unbranched alkanes of at least 4 members (excludes halogenated alkanes) is 4. The first kappa shape index (κ1) is 30.7. The van der Waals surface area contributed by atoms with Gasteiger partial charge >= 0.3 is 6.69 Å². The number of benzene rings is 3. The molecule has 5 rings (SSSR count). The van der Waals surface area contributed by atoms with Gasteiger partial charge in [-0.2, -0.15) is 0 Å². The molecule has 0 aliphatic carbocycles. The molecule has 6 heteroatoms. The lowest BCUT2D eigenvalue weighted by Crippen LogP contribution is -2.64. The highest BCUT2D eigenvalue weighted by atomic mass is 16.7. The summed E-state index contributed by atoms with van der Waals surface area (Å²) < 4.78 is 13.7. The Labute approximate surface area is 248 Å². The summed E-state index contributed by atoms with van der Waals surface area (Å²) in [4.78, 5) is 2.08. The van der Waals surface area contributed by atoms with Crippen LogP contribution in [0, 0.1) is 0 Å². The molecule has 0 N–H and O–H groups in total. The number of oxime groups is 1. The lowest BCUT2D eigenvalue weighted by Gasteiger charge is -2.39. The third-order valence-electron chi connectivity index (χ3n) is 8.46. The molecule has 41 heavy (non-hydrogen) atoms. The van der Waals surface area contributed by atoms with Gasteiger partial charge in [-0.15, -0.1) is 5.16 Å². The van der Waals surface area contributed by atoms with Gasteiger partial charge in [-0.05, 0) is 37.8 Å². The summed E-state index contributed by atoms with van der Waals surface area (Å²) in [5.41, 5.74) is 2.93. The molecule has 5 nitrogen and oxygen atoms in total. The fourth-order valence-corrected chi connectivity index (χ4v) is 6.07. The Balaban J connectivity index is 0.000000204. The smallest absolute Gasteiger partial charge is 0.512 e. The van der Waals surface area contributed by atoms with E-state index in [-0.39, 0.29) is 0 Å². The summed E-state index contributed by atoms with van der Waals surface area (Å²) in [6, 6.07) is 28.0. The van der Waals surface area contributed by atoms with Gasteiger partial charge in [0.15, 0.2) is 0 Å². The van der Waals surface area contributed by atoms with Crippen molar-refractivity contribution < 1.29 is 13.9 Å². The van der Waals surface area contributed by atoms with Crippen LogP contribution in [0.2, 0.25) is 0 Å². The number of quaternary nitrogens is 1. The average molecular weight is 556 g/mol. The van der Waals surface area contributed by atoms with Gasteiger partial charge in [0, 0.05) is 11.3 Å². The van der Waals surface area contributed by atoms with Crippen LogP contribution in [-0.2, 0) is 4.76 Å². The van der Waals surface area contributed by atoms with Crippen LogP contribution in [-0.4, -0.2) is 43.2 Å². The third-order valence-corrected chi connectivity index (χ3v) is 8.46. The van der Waals surface area contributed by atoms with Gasteiger partial charge in [0.1, 0.15) is 5.84 Å². The fraction of sp³-hybridized carbons (Fsp3) is 0.457. The minimum absolute atomic E-state index is 0.768. The van der Waals surface area contributed by atoms with Gasteiger partial charge in [-0.25, -0.2) is 0 Å². The molecule has 0 aromatic heterocycles. The molecule has 0 radical (unpaired) electrons. The first-order valence-electron chi connectivity index (χ1n) is 16.1. The maximum Gasteiger partial charge on any atom is 0.512 e. The lowest BCUT2D eigenvalue weighted by atomic mass is 9.62. The van der Waals surface area contributed by atoms with Gasteiger partial charge < -0.3 is 18.7 Å². The van der Waals surface area contributed by atoms with E-state index in [4.69, 9.17) is 9.41 Å². The second-order valence-electron chi connectivity index (χ2n) is 11.6.